The van der Waals surface area contributed by atoms with Gasteiger partial charge in [-0.3, -0.25) is 4.79 Å². The molecule has 2 unspecified atom stereocenters. The van der Waals surface area contributed by atoms with Gasteiger partial charge in [0.15, 0.2) is 0 Å². The number of carbonyl (C=O) groups is 1. The van der Waals surface area contributed by atoms with Gasteiger partial charge in [0.25, 0.3) is 0 Å². The van der Waals surface area contributed by atoms with Gasteiger partial charge < -0.3 is 20.1 Å². The van der Waals surface area contributed by atoms with E-state index in [1.807, 2.05) is 0 Å². The number of nitrogens with zero attached hydrogens (tertiary/aromatic N) is 1. The minimum atomic E-state index is -0.716. The Balaban J connectivity index is 1.91. The lowest BCUT2D eigenvalue weighted by molar-refractivity contribution is -0.147. The number of carboxylic acid groups (broad SMARTS) is 1. The molecular weight excluding hydrogens is 256 g/mol. The molecule has 2 N–H and O–H groups in total. The summed E-state index contributed by atoms with van der Waals surface area (Å²) in [6.45, 7) is 3.02. The highest BCUT2D eigenvalue weighted by Gasteiger charge is 2.43. The van der Waals surface area contributed by atoms with Crippen molar-refractivity contribution in [1.29, 1.82) is 0 Å². The number of hydrogen-bond donors (Lipinski definition) is 2. The van der Waals surface area contributed by atoms with Crippen molar-refractivity contribution in [3.8, 4) is 0 Å². The summed E-state index contributed by atoms with van der Waals surface area (Å²) in [6, 6.07) is 0.413. The van der Waals surface area contributed by atoms with E-state index in [2.05, 4.69) is 10.2 Å². The van der Waals surface area contributed by atoms with Gasteiger partial charge in [-0.25, -0.2) is 0 Å². The highest BCUT2D eigenvalue weighted by Crippen LogP contribution is 2.33. The van der Waals surface area contributed by atoms with Crippen LogP contribution in [0.25, 0.3) is 0 Å². The fourth-order valence-electron chi connectivity index (χ4n) is 3.81. The average Bonchev–Trinajstić information content (AvgIpc) is 2.48. The molecule has 2 rings (SSSR count). The third-order valence-electron chi connectivity index (χ3n) is 5.18. The van der Waals surface area contributed by atoms with Gasteiger partial charge in [-0.1, -0.05) is 0 Å². The van der Waals surface area contributed by atoms with Crippen LogP contribution in [0.1, 0.15) is 38.5 Å². The summed E-state index contributed by atoms with van der Waals surface area (Å²) < 4.78 is 5.24. The molecule has 0 radical (unpaired) electrons. The molecule has 0 aromatic carbocycles. The van der Waals surface area contributed by atoms with E-state index in [4.69, 9.17) is 4.74 Å². The number of hydrogen-bond acceptors (Lipinski definition) is 4. The number of nitrogens with one attached hydrogen (secondary N) is 1. The van der Waals surface area contributed by atoms with E-state index in [0.717, 1.165) is 45.4 Å². The zero-order chi connectivity index (χ0) is 14.6. The number of piperidine rings is 1. The summed E-state index contributed by atoms with van der Waals surface area (Å²) in [7, 11) is 3.54. The Morgan fingerprint density at radius 3 is 2.65 bits per heavy atom. The monoisotopic (exact) mass is 284 g/mol. The zero-order valence-corrected chi connectivity index (χ0v) is 12.7. The van der Waals surface area contributed by atoms with Gasteiger partial charge in [0.1, 0.15) is 5.54 Å². The fourth-order valence-corrected chi connectivity index (χ4v) is 3.81. The summed E-state index contributed by atoms with van der Waals surface area (Å²) in [4.78, 5) is 14.1. The molecule has 0 aromatic heterocycles. The van der Waals surface area contributed by atoms with Crippen LogP contribution in [0, 0.1) is 5.92 Å². The SMILES string of the molecule is CNC1(C(=O)O)CCCC(N2CCC(COC)CC2)C1. The molecule has 1 heterocycles. The lowest BCUT2D eigenvalue weighted by Crippen LogP contribution is -2.58. The second-order valence-corrected chi connectivity index (χ2v) is 6.32. The molecule has 0 aromatic rings. The lowest BCUT2D eigenvalue weighted by Gasteiger charge is -2.44. The minimum Gasteiger partial charge on any atom is -0.480 e. The number of aliphatic carboxylic acids is 1. The first-order chi connectivity index (χ1) is 9.61. The molecule has 1 saturated carbocycles. The number of carboxylic acids is 1. The Hall–Kier alpha value is -0.650. The van der Waals surface area contributed by atoms with Crippen molar-refractivity contribution < 1.29 is 14.6 Å². The van der Waals surface area contributed by atoms with E-state index in [1.165, 1.54) is 12.8 Å². The number of methoxy groups -OCH3 is 1. The van der Waals surface area contributed by atoms with Crippen molar-refractivity contribution in [1.82, 2.24) is 10.2 Å². The number of ether oxygens (including phenoxy) is 1. The maximum atomic E-state index is 11.6. The molecule has 2 aliphatic rings. The summed E-state index contributed by atoms with van der Waals surface area (Å²) in [5.41, 5.74) is -0.716. The predicted molar refractivity (Wildman–Crippen MR) is 77.9 cm³/mol. The van der Waals surface area contributed by atoms with Crippen LogP contribution >= 0.6 is 0 Å². The average molecular weight is 284 g/mol. The van der Waals surface area contributed by atoms with Crippen molar-refractivity contribution >= 4 is 5.97 Å². The third-order valence-corrected chi connectivity index (χ3v) is 5.18. The smallest absolute Gasteiger partial charge is 0.323 e. The van der Waals surface area contributed by atoms with Gasteiger partial charge in [-0.2, -0.15) is 0 Å². The summed E-state index contributed by atoms with van der Waals surface area (Å²) in [6.07, 6.45) is 5.94. The Morgan fingerprint density at radius 1 is 1.40 bits per heavy atom. The molecule has 0 bridgehead atoms. The van der Waals surface area contributed by atoms with Gasteiger partial charge in [-0.15, -0.1) is 0 Å². The minimum absolute atomic E-state index is 0.413. The Labute approximate surface area is 121 Å². The number of likely N-dealkylation sites (tertiary alicyclic amines) is 1. The van der Waals surface area contributed by atoms with Gasteiger partial charge in [-0.05, 0) is 64.6 Å². The van der Waals surface area contributed by atoms with Crippen LogP contribution in [-0.2, 0) is 9.53 Å². The molecule has 1 saturated heterocycles. The first-order valence-electron chi connectivity index (χ1n) is 7.76. The topological polar surface area (TPSA) is 61.8 Å². The van der Waals surface area contributed by atoms with Crippen molar-refractivity contribution in [3.63, 3.8) is 0 Å². The first kappa shape index (κ1) is 15.7. The fraction of sp³-hybridized carbons (Fsp3) is 0.933. The number of likely N-dealkylation sites (N-methyl/N-ethyl adjacent to an activating group) is 1. The normalized spacial score (nSPS) is 33.2. The van der Waals surface area contributed by atoms with E-state index in [9.17, 15) is 9.90 Å². The van der Waals surface area contributed by atoms with Crippen LogP contribution in [0.5, 0.6) is 0 Å². The second-order valence-electron chi connectivity index (χ2n) is 6.32. The molecule has 5 nitrogen and oxygen atoms in total. The Morgan fingerprint density at radius 2 is 2.10 bits per heavy atom. The molecule has 20 heavy (non-hydrogen) atoms. The van der Waals surface area contributed by atoms with E-state index in [1.54, 1.807) is 14.2 Å². The molecule has 0 spiro atoms. The first-order valence-corrected chi connectivity index (χ1v) is 7.76. The van der Waals surface area contributed by atoms with Gasteiger partial charge in [0.05, 0.1) is 0 Å². The molecule has 0 amide bonds. The third kappa shape index (κ3) is 3.32. The van der Waals surface area contributed by atoms with Crippen molar-refractivity contribution in [2.24, 2.45) is 5.92 Å². The molecule has 1 aliphatic carbocycles. The van der Waals surface area contributed by atoms with Gasteiger partial charge in [0.2, 0.25) is 0 Å². The lowest BCUT2D eigenvalue weighted by atomic mass is 9.78. The summed E-state index contributed by atoms with van der Waals surface area (Å²) in [5.74, 6) is -0.0210. The molecular formula is C15H28N2O3. The molecule has 5 heteroatoms. The molecule has 116 valence electrons. The van der Waals surface area contributed by atoms with Crippen LogP contribution in [0.2, 0.25) is 0 Å². The van der Waals surface area contributed by atoms with E-state index in [-0.39, 0.29) is 0 Å². The summed E-state index contributed by atoms with van der Waals surface area (Å²) >= 11 is 0. The van der Waals surface area contributed by atoms with Crippen molar-refractivity contribution in [3.05, 3.63) is 0 Å². The zero-order valence-electron chi connectivity index (χ0n) is 12.7. The largest absolute Gasteiger partial charge is 0.480 e. The molecule has 2 fully saturated rings. The Bertz CT molecular complexity index is 329. The van der Waals surface area contributed by atoms with E-state index >= 15 is 0 Å². The predicted octanol–water partition coefficient (Wildman–Crippen LogP) is 1.33. The van der Waals surface area contributed by atoms with Crippen LogP contribution in [0.15, 0.2) is 0 Å². The maximum Gasteiger partial charge on any atom is 0.323 e. The molecule has 1 aliphatic heterocycles. The van der Waals surface area contributed by atoms with E-state index in [0.29, 0.717) is 12.0 Å². The van der Waals surface area contributed by atoms with Crippen LogP contribution in [0.3, 0.4) is 0 Å². The molecule has 2 atom stereocenters. The van der Waals surface area contributed by atoms with Crippen LogP contribution in [-0.4, -0.2) is 61.4 Å². The van der Waals surface area contributed by atoms with Gasteiger partial charge in [0, 0.05) is 19.8 Å². The van der Waals surface area contributed by atoms with Gasteiger partial charge >= 0.3 is 5.97 Å². The van der Waals surface area contributed by atoms with Crippen molar-refractivity contribution in [2.75, 3.05) is 33.9 Å². The second kappa shape index (κ2) is 6.87. The van der Waals surface area contributed by atoms with Crippen LogP contribution in [0.4, 0.5) is 0 Å². The van der Waals surface area contributed by atoms with Crippen molar-refractivity contribution in [2.45, 2.75) is 50.1 Å². The van der Waals surface area contributed by atoms with Crippen LogP contribution < -0.4 is 5.32 Å². The highest BCUT2D eigenvalue weighted by molar-refractivity contribution is 5.79. The van der Waals surface area contributed by atoms with E-state index < -0.39 is 11.5 Å². The highest BCUT2D eigenvalue weighted by atomic mass is 16.5. The number of rotatable bonds is 5. The summed E-state index contributed by atoms with van der Waals surface area (Å²) in [5, 5.41) is 12.6. The maximum absolute atomic E-state index is 11.6. The quantitative estimate of drug-likeness (QED) is 0.797. The Kier molecular flexibility index (Phi) is 5.41. The standard InChI is InChI=1S/C15H28N2O3/c1-16-15(14(18)19)7-3-4-13(10-15)17-8-5-12(6-9-17)11-20-2/h12-13,16H,3-11H2,1-2H3,(H,18,19).